The van der Waals surface area contributed by atoms with Gasteiger partial charge < -0.3 is 5.32 Å². The zero-order valence-corrected chi connectivity index (χ0v) is 13.7. The van der Waals surface area contributed by atoms with Gasteiger partial charge in [0.15, 0.2) is 0 Å². The predicted molar refractivity (Wildman–Crippen MR) is 91.5 cm³/mol. The molecule has 0 aliphatic rings. The number of fused-ring (bicyclic) bond motifs is 1. The lowest BCUT2D eigenvalue weighted by atomic mass is 9.95. The van der Waals surface area contributed by atoms with Gasteiger partial charge in [0.25, 0.3) is 0 Å². The lowest BCUT2D eigenvalue weighted by Crippen LogP contribution is -2.18. The van der Waals surface area contributed by atoms with Gasteiger partial charge in [0.2, 0.25) is 0 Å². The SMILES string of the molecule is CNC(c1ccc(Br)c(C)c1)c1cncc2ccccc12. The molecule has 3 aromatic rings. The zero-order chi connectivity index (χ0) is 14.8. The highest BCUT2D eigenvalue weighted by Gasteiger charge is 2.15. The number of nitrogens with one attached hydrogen (secondary N) is 1. The highest BCUT2D eigenvalue weighted by Crippen LogP contribution is 2.29. The van der Waals surface area contributed by atoms with E-state index in [1.54, 1.807) is 0 Å². The van der Waals surface area contributed by atoms with E-state index < -0.39 is 0 Å². The van der Waals surface area contributed by atoms with Crippen LogP contribution in [0.2, 0.25) is 0 Å². The maximum absolute atomic E-state index is 4.40. The van der Waals surface area contributed by atoms with Crippen molar-refractivity contribution in [3.8, 4) is 0 Å². The van der Waals surface area contributed by atoms with E-state index in [1.165, 1.54) is 27.5 Å². The van der Waals surface area contributed by atoms with Crippen LogP contribution in [0.3, 0.4) is 0 Å². The molecule has 0 radical (unpaired) electrons. The normalized spacial score (nSPS) is 12.5. The maximum Gasteiger partial charge on any atom is 0.0595 e. The summed E-state index contributed by atoms with van der Waals surface area (Å²) in [5.41, 5.74) is 3.69. The van der Waals surface area contributed by atoms with Crippen molar-refractivity contribution in [3.63, 3.8) is 0 Å². The monoisotopic (exact) mass is 340 g/mol. The molecule has 1 unspecified atom stereocenters. The number of hydrogen-bond donors (Lipinski definition) is 1. The zero-order valence-electron chi connectivity index (χ0n) is 12.1. The Balaban J connectivity index is 2.16. The lowest BCUT2D eigenvalue weighted by Gasteiger charge is -2.19. The minimum absolute atomic E-state index is 0.135. The number of pyridine rings is 1. The van der Waals surface area contributed by atoms with Crippen molar-refractivity contribution in [1.29, 1.82) is 0 Å². The topological polar surface area (TPSA) is 24.9 Å². The molecule has 3 rings (SSSR count). The van der Waals surface area contributed by atoms with Gasteiger partial charge in [-0.25, -0.2) is 0 Å². The van der Waals surface area contributed by atoms with Crippen LogP contribution in [0.4, 0.5) is 0 Å². The summed E-state index contributed by atoms with van der Waals surface area (Å²) < 4.78 is 1.14. The third-order valence-corrected chi connectivity index (χ3v) is 4.70. The van der Waals surface area contributed by atoms with Crippen LogP contribution in [0.15, 0.2) is 59.3 Å². The van der Waals surface area contributed by atoms with E-state index in [1.807, 2.05) is 25.5 Å². The first-order chi connectivity index (χ1) is 10.2. The molecule has 1 N–H and O–H groups in total. The summed E-state index contributed by atoms with van der Waals surface area (Å²) in [6.07, 6.45) is 3.87. The molecule has 0 amide bonds. The van der Waals surface area contributed by atoms with Crippen molar-refractivity contribution in [2.75, 3.05) is 7.05 Å². The first-order valence-electron chi connectivity index (χ1n) is 6.96. The summed E-state index contributed by atoms with van der Waals surface area (Å²) in [6, 6.07) is 15.0. The van der Waals surface area contributed by atoms with E-state index in [-0.39, 0.29) is 6.04 Å². The van der Waals surface area contributed by atoms with Gasteiger partial charge in [-0.3, -0.25) is 4.98 Å². The van der Waals surface area contributed by atoms with Crippen LogP contribution >= 0.6 is 15.9 Å². The Kier molecular flexibility index (Phi) is 4.04. The molecule has 2 aromatic carbocycles. The molecule has 0 aliphatic heterocycles. The van der Waals surface area contributed by atoms with Crippen LogP contribution in [-0.4, -0.2) is 12.0 Å². The molecule has 2 nitrogen and oxygen atoms in total. The van der Waals surface area contributed by atoms with Gasteiger partial charge in [-0.15, -0.1) is 0 Å². The van der Waals surface area contributed by atoms with E-state index in [9.17, 15) is 0 Å². The Morgan fingerprint density at radius 3 is 2.67 bits per heavy atom. The fourth-order valence-corrected chi connectivity index (χ4v) is 2.97. The van der Waals surface area contributed by atoms with E-state index in [2.05, 4.69) is 69.6 Å². The molecule has 0 spiro atoms. The van der Waals surface area contributed by atoms with Crippen LogP contribution in [0.1, 0.15) is 22.7 Å². The highest BCUT2D eigenvalue weighted by atomic mass is 79.9. The Hall–Kier alpha value is -1.71. The van der Waals surface area contributed by atoms with Crippen molar-refractivity contribution in [2.45, 2.75) is 13.0 Å². The molecule has 1 aromatic heterocycles. The molecular formula is C18H17BrN2. The Morgan fingerprint density at radius 1 is 1.10 bits per heavy atom. The molecule has 21 heavy (non-hydrogen) atoms. The van der Waals surface area contributed by atoms with Crippen molar-refractivity contribution in [1.82, 2.24) is 10.3 Å². The Labute approximate surface area is 133 Å². The summed E-state index contributed by atoms with van der Waals surface area (Å²) in [6.45, 7) is 2.11. The second-order valence-corrected chi connectivity index (χ2v) is 6.03. The lowest BCUT2D eigenvalue weighted by molar-refractivity contribution is 0.693. The number of aryl methyl sites for hydroxylation is 1. The fourth-order valence-electron chi connectivity index (χ4n) is 2.72. The third-order valence-electron chi connectivity index (χ3n) is 3.81. The molecule has 0 saturated heterocycles. The number of hydrogen-bond acceptors (Lipinski definition) is 2. The van der Waals surface area contributed by atoms with Gasteiger partial charge in [0.1, 0.15) is 0 Å². The molecule has 3 heteroatoms. The van der Waals surface area contributed by atoms with Gasteiger partial charge in [-0.1, -0.05) is 52.3 Å². The van der Waals surface area contributed by atoms with E-state index >= 15 is 0 Å². The Bertz CT molecular complexity index is 778. The van der Waals surface area contributed by atoms with Crippen LogP contribution in [0, 0.1) is 6.92 Å². The van der Waals surface area contributed by atoms with Crippen LogP contribution < -0.4 is 5.32 Å². The first-order valence-corrected chi connectivity index (χ1v) is 7.76. The molecule has 0 saturated carbocycles. The summed E-state index contributed by atoms with van der Waals surface area (Å²) in [7, 11) is 1.99. The average molecular weight is 341 g/mol. The first kappa shape index (κ1) is 14.2. The van der Waals surface area contributed by atoms with Gasteiger partial charge >= 0.3 is 0 Å². The largest absolute Gasteiger partial charge is 0.309 e. The minimum Gasteiger partial charge on any atom is -0.309 e. The number of aromatic nitrogens is 1. The van der Waals surface area contributed by atoms with E-state index in [0.717, 1.165) is 4.47 Å². The third kappa shape index (κ3) is 2.71. The Morgan fingerprint density at radius 2 is 1.90 bits per heavy atom. The van der Waals surface area contributed by atoms with Crippen LogP contribution in [0.5, 0.6) is 0 Å². The van der Waals surface area contributed by atoms with E-state index in [0.29, 0.717) is 0 Å². The molecule has 106 valence electrons. The average Bonchev–Trinajstić information content (AvgIpc) is 2.52. The summed E-state index contributed by atoms with van der Waals surface area (Å²) in [4.78, 5) is 4.40. The summed E-state index contributed by atoms with van der Waals surface area (Å²) in [5, 5.41) is 5.83. The minimum atomic E-state index is 0.135. The van der Waals surface area contributed by atoms with E-state index in [4.69, 9.17) is 0 Å². The van der Waals surface area contributed by atoms with Crippen molar-refractivity contribution in [3.05, 3.63) is 76.0 Å². The molecule has 0 aliphatic carbocycles. The quantitative estimate of drug-likeness (QED) is 0.752. The number of rotatable bonds is 3. The molecule has 1 atom stereocenters. The fraction of sp³-hybridized carbons (Fsp3) is 0.167. The summed E-state index contributed by atoms with van der Waals surface area (Å²) >= 11 is 3.56. The number of halogens is 1. The summed E-state index contributed by atoms with van der Waals surface area (Å²) in [5.74, 6) is 0. The van der Waals surface area contributed by atoms with Crippen LogP contribution in [-0.2, 0) is 0 Å². The van der Waals surface area contributed by atoms with Gasteiger partial charge in [-0.2, -0.15) is 0 Å². The van der Waals surface area contributed by atoms with Crippen molar-refractivity contribution >= 4 is 26.7 Å². The number of benzene rings is 2. The smallest absolute Gasteiger partial charge is 0.0595 e. The maximum atomic E-state index is 4.40. The van der Waals surface area contributed by atoms with Gasteiger partial charge in [0.05, 0.1) is 6.04 Å². The van der Waals surface area contributed by atoms with Crippen molar-refractivity contribution < 1.29 is 0 Å². The number of nitrogens with zero attached hydrogens (tertiary/aromatic N) is 1. The molecular weight excluding hydrogens is 324 g/mol. The highest BCUT2D eigenvalue weighted by molar-refractivity contribution is 9.10. The van der Waals surface area contributed by atoms with Gasteiger partial charge in [-0.05, 0) is 42.1 Å². The van der Waals surface area contributed by atoms with Crippen molar-refractivity contribution in [2.24, 2.45) is 0 Å². The van der Waals surface area contributed by atoms with Crippen LogP contribution in [0.25, 0.3) is 10.8 Å². The van der Waals surface area contributed by atoms with Gasteiger partial charge in [0, 0.05) is 22.3 Å². The standard InChI is InChI=1S/C18H17BrN2/c1-12-9-13(7-8-17(12)19)18(20-2)16-11-21-10-14-5-3-4-6-15(14)16/h3-11,18,20H,1-2H3. The second kappa shape index (κ2) is 5.96. The molecule has 1 heterocycles. The molecule has 0 fully saturated rings. The molecule has 0 bridgehead atoms. The second-order valence-electron chi connectivity index (χ2n) is 5.18. The predicted octanol–water partition coefficient (Wildman–Crippen LogP) is 4.61.